The van der Waals surface area contributed by atoms with Crippen molar-refractivity contribution in [2.75, 3.05) is 13.2 Å². The van der Waals surface area contributed by atoms with Gasteiger partial charge in [0.05, 0.1) is 30.7 Å². The second-order valence-electron chi connectivity index (χ2n) is 6.09. The van der Waals surface area contributed by atoms with E-state index in [9.17, 15) is 22.8 Å². The maximum atomic E-state index is 12.9. The van der Waals surface area contributed by atoms with Crippen LogP contribution in [0, 0.1) is 0 Å². The van der Waals surface area contributed by atoms with E-state index in [0.29, 0.717) is 17.7 Å². The number of hydrogen-bond acceptors (Lipinski definition) is 4. The van der Waals surface area contributed by atoms with Crippen LogP contribution in [0.4, 0.5) is 13.2 Å². The van der Waals surface area contributed by atoms with Gasteiger partial charge in [0, 0.05) is 31.2 Å². The Balaban J connectivity index is 1.81. The van der Waals surface area contributed by atoms with Gasteiger partial charge in [-0.3, -0.25) is 9.59 Å². The summed E-state index contributed by atoms with van der Waals surface area (Å²) in [7, 11) is 0. The number of aromatic amines is 1. The Morgan fingerprint density at radius 1 is 1.18 bits per heavy atom. The molecule has 6 nitrogen and oxygen atoms in total. The van der Waals surface area contributed by atoms with Gasteiger partial charge in [-0.25, -0.2) is 0 Å². The molecule has 0 fully saturated rings. The van der Waals surface area contributed by atoms with Crippen LogP contribution in [0.15, 0.2) is 47.5 Å². The summed E-state index contributed by atoms with van der Waals surface area (Å²) in [6, 6.07) is 6.25. The van der Waals surface area contributed by atoms with Crippen molar-refractivity contribution in [3.63, 3.8) is 0 Å². The zero-order valence-electron chi connectivity index (χ0n) is 14.9. The van der Waals surface area contributed by atoms with Crippen molar-refractivity contribution in [1.82, 2.24) is 9.38 Å². The fraction of sp³-hybridized carbons (Fsp3) is 0.263. The summed E-state index contributed by atoms with van der Waals surface area (Å²) in [5.41, 5.74) is -0.461. The maximum Gasteiger partial charge on any atom is 0.416 e. The van der Waals surface area contributed by atoms with Crippen molar-refractivity contribution in [1.29, 1.82) is 0 Å². The first-order valence-corrected chi connectivity index (χ1v) is 8.43. The van der Waals surface area contributed by atoms with Gasteiger partial charge in [0.15, 0.2) is 0 Å². The summed E-state index contributed by atoms with van der Waals surface area (Å²) in [6.45, 7) is 1.82. The summed E-state index contributed by atoms with van der Waals surface area (Å²) < 4.78 is 50.6. The van der Waals surface area contributed by atoms with Gasteiger partial charge in [0.1, 0.15) is 11.3 Å². The second kappa shape index (κ2) is 7.79. The molecule has 0 spiro atoms. The number of fused-ring (bicyclic) bond motifs is 1. The van der Waals surface area contributed by atoms with E-state index in [1.807, 2.05) is 0 Å². The lowest BCUT2D eigenvalue weighted by molar-refractivity contribution is -0.141. The number of nitrogens with zero attached hydrogens (tertiary/aromatic N) is 1. The van der Waals surface area contributed by atoms with E-state index < -0.39 is 17.3 Å². The highest BCUT2D eigenvalue weighted by molar-refractivity contribution is 5.65. The molecule has 0 aliphatic rings. The lowest BCUT2D eigenvalue weighted by Gasteiger charge is -2.09. The SMILES string of the molecule is CC(=O)OCCCOc1cc2c(=O)[nH]c(-c3cccc(C(F)(F)F)c3)cn2c1. The lowest BCUT2D eigenvalue weighted by atomic mass is 10.1. The van der Waals surface area contributed by atoms with E-state index in [0.717, 1.165) is 12.1 Å². The van der Waals surface area contributed by atoms with Crippen LogP contribution >= 0.6 is 0 Å². The number of hydrogen-bond donors (Lipinski definition) is 1. The highest BCUT2D eigenvalue weighted by Crippen LogP contribution is 2.31. The first-order valence-electron chi connectivity index (χ1n) is 8.43. The largest absolute Gasteiger partial charge is 0.492 e. The number of H-pyrrole nitrogens is 1. The molecule has 3 aromatic rings. The third-order valence-electron chi connectivity index (χ3n) is 3.94. The van der Waals surface area contributed by atoms with Gasteiger partial charge in [-0.1, -0.05) is 12.1 Å². The Kier molecular flexibility index (Phi) is 5.43. The molecule has 0 radical (unpaired) electrons. The summed E-state index contributed by atoms with van der Waals surface area (Å²) in [4.78, 5) is 25.6. The lowest BCUT2D eigenvalue weighted by Crippen LogP contribution is -2.10. The van der Waals surface area contributed by atoms with E-state index in [2.05, 4.69) is 4.98 Å². The van der Waals surface area contributed by atoms with Gasteiger partial charge in [0.25, 0.3) is 5.56 Å². The molecule has 28 heavy (non-hydrogen) atoms. The van der Waals surface area contributed by atoms with E-state index >= 15 is 0 Å². The number of halogens is 3. The van der Waals surface area contributed by atoms with Gasteiger partial charge < -0.3 is 18.9 Å². The number of carbonyl (C=O) groups is 1. The van der Waals surface area contributed by atoms with E-state index in [1.54, 1.807) is 6.20 Å². The minimum Gasteiger partial charge on any atom is -0.492 e. The number of benzene rings is 1. The number of alkyl halides is 3. The normalized spacial score (nSPS) is 11.6. The van der Waals surface area contributed by atoms with Crippen molar-refractivity contribution in [2.45, 2.75) is 19.5 Å². The first kappa shape index (κ1) is 19.5. The number of ether oxygens (including phenoxy) is 2. The average molecular weight is 394 g/mol. The number of aromatic nitrogens is 2. The minimum absolute atomic E-state index is 0.225. The maximum absolute atomic E-state index is 12.9. The molecule has 1 aromatic carbocycles. The smallest absolute Gasteiger partial charge is 0.416 e. The fourth-order valence-electron chi connectivity index (χ4n) is 2.65. The summed E-state index contributed by atoms with van der Waals surface area (Å²) in [5.74, 6) is 0.0535. The molecule has 0 saturated heterocycles. The Morgan fingerprint density at radius 2 is 1.96 bits per heavy atom. The summed E-state index contributed by atoms with van der Waals surface area (Å²) in [5, 5.41) is 0. The van der Waals surface area contributed by atoms with Crippen molar-refractivity contribution >= 4 is 11.5 Å². The molecule has 0 bridgehead atoms. The van der Waals surface area contributed by atoms with Crippen LogP contribution in [0.25, 0.3) is 16.8 Å². The first-order chi connectivity index (χ1) is 13.2. The fourth-order valence-corrected chi connectivity index (χ4v) is 2.65. The van der Waals surface area contributed by atoms with Crippen LogP contribution in [-0.2, 0) is 15.7 Å². The van der Waals surface area contributed by atoms with Gasteiger partial charge in [0.2, 0.25) is 0 Å². The highest BCUT2D eigenvalue weighted by Gasteiger charge is 2.30. The predicted molar refractivity (Wildman–Crippen MR) is 95.2 cm³/mol. The van der Waals surface area contributed by atoms with Crippen LogP contribution < -0.4 is 10.3 Å². The van der Waals surface area contributed by atoms with Gasteiger partial charge in [-0.15, -0.1) is 0 Å². The van der Waals surface area contributed by atoms with Crippen LogP contribution in [0.3, 0.4) is 0 Å². The number of esters is 1. The van der Waals surface area contributed by atoms with Crippen LogP contribution in [-0.4, -0.2) is 28.6 Å². The van der Waals surface area contributed by atoms with Crippen LogP contribution in [0.5, 0.6) is 5.75 Å². The number of rotatable bonds is 6. The molecule has 0 unspecified atom stereocenters. The van der Waals surface area contributed by atoms with E-state index in [-0.39, 0.29) is 30.4 Å². The van der Waals surface area contributed by atoms with Crippen molar-refractivity contribution in [3.8, 4) is 17.0 Å². The Morgan fingerprint density at radius 3 is 2.68 bits per heavy atom. The standard InChI is InChI=1S/C19H17F3N2O4/c1-12(25)27-6-3-7-28-15-9-17-18(26)23-16(11-24(17)10-15)13-4-2-5-14(8-13)19(20,21)22/h2,4-5,8-11H,3,6-7H2,1H3,(H,23,26). The molecular weight excluding hydrogens is 377 g/mol. The zero-order chi connectivity index (χ0) is 20.3. The molecule has 3 rings (SSSR count). The molecule has 2 aromatic heterocycles. The van der Waals surface area contributed by atoms with Crippen molar-refractivity contribution < 1.29 is 27.4 Å². The summed E-state index contributed by atoms with van der Waals surface area (Å²) >= 11 is 0. The second-order valence-corrected chi connectivity index (χ2v) is 6.09. The number of carbonyl (C=O) groups excluding carboxylic acids is 1. The molecule has 0 saturated carbocycles. The van der Waals surface area contributed by atoms with Crippen molar-refractivity contribution in [2.24, 2.45) is 0 Å². The monoisotopic (exact) mass is 394 g/mol. The molecule has 0 aliphatic heterocycles. The molecule has 2 heterocycles. The minimum atomic E-state index is -4.47. The third-order valence-corrected chi connectivity index (χ3v) is 3.94. The Hall–Kier alpha value is -3.23. The van der Waals surface area contributed by atoms with E-state index in [4.69, 9.17) is 9.47 Å². The van der Waals surface area contributed by atoms with E-state index in [1.165, 1.54) is 35.7 Å². The molecule has 0 aliphatic carbocycles. The molecule has 9 heteroatoms. The molecular formula is C19H17F3N2O4. The number of nitrogens with one attached hydrogen (secondary N) is 1. The van der Waals surface area contributed by atoms with Gasteiger partial charge in [-0.05, 0) is 12.1 Å². The van der Waals surface area contributed by atoms with Crippen molar-refractivity contribution in [3.05, 3.63) is 58.6 Å². The molecule has 0 amide bonds. The van der Waals surface area contributed by atoms with Gasteiger partial charge >= 0.3 is 12.1 Å². The Labute approximate surface area is 157 Å². The Bertz CT molecular complexity index is 1050. The predicted octanol–water partition coefficient (Wildman–Crippen LogP) is 3.65. The molecule has 1 N–H and O–H groups in total. The highest BCUT2D eigenvalue weighted by atomic mass is 19.4. The third kappa shape index (κ3) is 4.54. The molecule has 0 atom stereocenters. The quantitative estimate of drug-likeness (QED) is 0.512. The van der Waals surface area contributed by atoms with Gasteiger partial charge in [-0.2, -0.15) is 13.2 Å². The topological polar surface area (TPSA) is 72.8 Å². The average Bonchev–Trinajstić information content (AvgIpc) is 3.04. The van der Waals surface area contributed by atoms with Crippen LogP contribution in [0.1, 0.15) is 18.9 Å². The summed E-state index contributed by atoms with van der Waals surface area (Å²) in [6.07, 6.45) is -0.899. The zero-order valence-corrected chi connectivity index (χ0v) is 14.9. The molecule has 148 valence electrons. The van der Waals surface area contributed by atoms with Crippen LogP contribution in [0.2, 0.25) is 0 Å².